The number of carbonyl (C=O) groups is 1. The van der Waals surface area contributed by atoms with E-state index >= 15 is 0 Å². The van der Waals surface area contributed by atoms with Gasteiger partial charge in [-0.25, -0.2) is 9.97 Å². The average molecular weight is 595 g/mol. The van der Waals surface area contributed by atoms with E-state index in [1.165, 1.54) is 0 Å². The van der Waals surface area contributed by atoms with Crippen LogP contribution in [0.4, 0.5) is 0 Å². The molecule has 7 rings (SSSR count). The smallest absolute Gasteiger partial charge is 0.306 e. The van der Waals surface area contributed by atoms with Gasteiger partial charge in [-0.1, -0.05) is 79.2 Å². The molecular formula is C39H34N2O4. The fraction of sp³-hybridized carbons (Fsp3) is 0.205. The minimum atomic E-state index is -0.732. The normalized spacial score (nSPS) is 16.0. The molecule has 0 aliphatic heterocycles. The van der Waals surface area contributed by atoms with Crippen LogP contribution in [0.2, 0.25) is 0 Å². The summed E-state index contributed by atoms with van der Waals surface area (Å²) in [5.74, 6) is 0.370. The number of rotatable bonds is 9. The quantitative estimate of drug-likeness (QED) is 0.181. The molecule has 6 aromatic rings. The molecule has 1 aliphatic carbocycles. The van der Waals surface area contributed by atoms with E-state index in [9.17, 15) is 9.90 Å². The summed E-state index contributed by atoms with van der Waals surface area (Å²) >= 11 is 0. The van der Waals surface area contributed by atoms with Crippen molar-refractivity contribution in [2.24, 2.45) is 5.92 Å². The zero-order valence-electron chi connectivity index (χ0n) is 24.9. The summed E-state index contributed by atoms with van der Waals surface area (Å²) in [6.45, 7) is 0.735. The van der Waals surface area contributed by atoms with Crippen LogP contribution in [0.25, 0.3) is 21.8 Å². The molecule has 4 aromatic carbocycles. The Balaban J connectivity index is 1.09. The standard InChI is InChI=1S/C39H34N2O4/c42-38(43)29-8-5-23-39(24-29,30-13-19-34(20-14-30)44-25-32-17-11-27-6-1-3-9-36(27)40-32)31-15-21-35(22-16-31)45-26-33-18-12-28-7-2-4-10-37(28)41-33/h1-4,6-7,9-22,29H,5,8,23-26H2,(H,42,43). The lowest BCUT2D eigenvalue weighted by molar-refractivity contribution is -0.143. The second-order valence-electron chi connectivity index (χ2n) is 11.8. The van der Waals surface area contributed by atoms with Gasteiger partial charge in [-0.2, -0.15) is 0 Å². The number of aromatic nitrogens is 2. The molecule has 224 valence electrons. The maximum atomic E-state index is 12.2. The Labute approximate surface area is 262 Å². The van der Waals surface area contributed by atoms with Gasteiger partial charge in [0.25, 0.3) is 0 Å². The van der Waals surface area contributed by atoms with E-state index < -0.39 is 17.3 Å². The van der Waals surface area contributed by atoms with Crippen molar-refractivity contribution in [2.45, 2.75) is 44.3 Å². The number of hydrogen-bond donors (Lipinski definition) is 1. The molecule has 6 nitrogen and oxygen atoms in total. The predicted octanol–water partition coefficient (Wildman–Crippen LogP) is 8.50. The average Bonchev–Trinajstić information content (AvgIpc) is 3.10. The zero-order chi connectivity index (χ0) is 30.6. The highest BCUT2D eigenvalue weighted by Crippen LogP contribution is 2.47. The van der Waals surface area contributed by atoms with Crippen molar-refractivity contribution in [2.75, 3.05) is 0 Å². The minimum Gasteiger partial charge on any atom is -0.487 e. The van der Waals surface area contributed by atoms with Crippen LogP contribution in [0.3, 0.4) is 0 Å². The Bertz CT molecular complexity index is 1830. The molecule has 2 heterocycles. The lowest BCUT2D eigenvalue weighted by atomic mass is 9.62. The molecule has 0 spiro atoms. The summed E-state index contributed by atoms with van der Waals surface area (Å²) in [7, 11) is 0. The highest BCUT2D eigenvalue weighted by molar-refractivity contribution is 5.79. The van der Waals surface area contributed by atoms with Gasteiger partial charge in [0.05, 0.1) is 28.3 Å². The molecule has 1 aliphatic rings. The molecule has 45 heavy (non-hydrogen) atoms. The van der Waals surface area contributed by atoms with Gasteiger partial charge in [0.1, 0.15) is 24.7 Å². The molecule has 1 atom stereocenters. The first kappa shape index (κ1) is 28.5. The molecule has 2 aromatic heterocycles. The van der Waals surface area contributed by atoms with Gasteiger partial charge < -0.3 is 14.6 Å². The van der Waals surface area contributed by atoms with Crippen LogP contribution in [0.1, 0.15) is 48.2 Å². The molecular weight excluding hydrogens is 560 g/mol. The number of fused-ring (bicyclic) bond motifs is 2. The zero-order valence-corrected chi connectivity index (χ0v) is 24.9. The number of carboxylic acid groups (broad SMARTS) is 1. The van der Waals surface area contributed by atoms with E-state index in [-0.39, 0.29) is 0 Å². The molecule has 1 fully saturated rings. The van der Waals surface area contributed by atoms with E-state index in [0.717, 1.165) is 68.7 Å². The summed E-state index contributed by atoms with van der Waals surface area (Å²) in [4.78, 5) is 21.6. The van der Waals surface area contributed by atoms with Crippen molar-refractivity contribution in [3.63, 3.8) is 0 Å². The van der Waals surface area contributed by atoms with Crippen LogP contribution >= 0.6 is 0 Å². The highest BCUT2D eigenvalue weighted by atomic mass is 16.5. The van der Waals surface area contributed by atoms with Crippen molar-refractivity contribution in [1.82, 2.24) is 9.97 Å². The predicted molar refractivity (Wildman–Crippen MR) is 175 cm³/mol. The Kier molecular flexibility index (Phi) is 7.87. The molecule has 0 amide bonds. The molecule has 1 saturated carbocycles. The van der Waals surface area contributed by atoms with Gasteiger partial charge in [0.15, 0.2) is 0 Å². The van der Waals surface area contributed by atoms with Crippen molar-refractivity contribution >= 4 is 27.8 Å². The fourth-order valence-corrected chi connectivity index (χ4v) is 6.61. The number of benzene rings is 4. The molecule has 0 radical (unpaired) electrons. The van der Waals surface area contributed by atoms with E-state index in [1.54, 1.807) is 0 Å². The van der Waals surface area contributed by atoms with Gasteiger partial charge in [0.2, 0.25) is 0 Å². The number of para-hydroxylation sites is 2. The summed E-state index contributed by atoms with van der Waals surface area (Å²) in [6.07, 6.45) is 2.95. The van der Waals surface area contributed by atoms with Gasteiger partial charge in [-0.3, -0.25) is 4.79 Å². The third-order valence-corrected chi connectivity index (χ3v) is 9.00. The lowest BCUT2D eigenvalue weighted by Crippen LogP contribution is -2.36. The van der Waals surface area contributed by atoms with Crippen LogP contribution in [-0.2, 0) is 23.4 Å². The van der Waals surface area contributed by atoms with Gasteiger partial charge in [0, 0.05) is 16.2 Å². The Hall–Kier alpha value is -5.23. The number of pyridine rings is 2. The maximum absolute atomic E-state index is 12.2. The van der Waals surface area contributed by atoms with Gasteiger partial charge in [-0.05, 0) is 78.9 Å². The Morgan fingerprint density at radius 1 is 0.667 bits per heavy atom. The number of carboxylic acids is 1. The van der Waals surface area contributed by atoms with Gasteiger partial charge in [-0.15, -0.1) is 0 Å². The van der Waals surface area contributed by atoms with Crippen molar-refractivity contribution in [1.29, 1.82) is 0 Å². The first-order chi connectivity index (χ1) is 22.1. The second kappa shape index (κ2) is 12.4. The SMILES string of the molecule is O=C(O)C1CCCC(c2ccc(OCc3ccc4ccccc4n3)cc2)(c2ccc(OCc3ccc4ccccc4n3)cc2)C1. The highest BCUT2D eigenvalue weighted by Gasteiger charge is 2.41. The number of nitrogens with zero attached hydrogens (tertiary/aromatic N) is 2. The molecule has 0 saturated heterocycles. The monoisotopic (exact) mass is 594 g/mol. The van der Waals surface area contributed by atoms with E-state index in [0.29, 0.717) is 26.1 Å². The largest absolute Gasteiger partial charge is 0.487 e. The van der Waals surface area contributed by atoms with E-state index in [4.69, 9.17) is 19.4 Å². The summed E-state index contributed by atoms with van der Waals surface area (Å²) < 4.78 is 12.2. The van der Waals surface area contributed by atoms with Crippen molar-refractivity contribution < 1.29 is 19.4 Å². The third-order valence-electron chi connectivity index (χ3n) is 9.00. The van der Waals surface area contributed by atoms with Crippen LogP contribution in [0.5, 0.6) is 11.5 Å². The summed E-state index contributed by atoms with van der Waals surface area (Å²) in [5, 5.41) is 12.2. The maximum Gasteiger partial charge on any atom is 0.306 e. The third kappa shape index (κ3) is 6.09. The number of aliphatic carboxylic acids is 1. The summed E-state index contributed by atoms with van der Waals surface area (Å²) in [6, 6.07) is 40.5. The summed E-state index contributed by atoms with van der Waals surface area (Å²) in [5.41, 5.74) is 5.40. The topological polar surface area (TPSA) is 81.5 Å². The fourth-order valence-electron chi connectivity index (χ4n) is 6.61. The van der Waals surface area contributed by atoms with Crippen molar-refractivity contribution in [3.05, 3.63) is 144 Å². The molecule has 1 N–H and O–H groups in total. The van der Waals surface area contributed by atoms with Crippen molar-refractivity contribution in [3.8, 4) is 11.5 Å². The van der Waals surface area contributed by atoms with E-state index in [1.807, 2.05) is 84.9 Å². The van der Waals surface area contributed by atoms with Crippen LogP contribution in [0, 0.1) is 5.92 Å². The van der Waals surface area contributed by atoms with Gasteiger partial charge >= 0.3 is 5.97 Å². The van der Waals surface area contributed by atoms with E-state index in [2.05, 4.69) is 36.4 Å². The molecule has 1 unspecified atom stereocenters. The lowest BCUT2D eigenvalue weighted by Gasteiger charge is -2.41. The Morgan fingerprint density at radius 3 is 1.64 bits per heavy atom. The van der Waals surface area contributed by atoms with Crippen LogP contribution in [0.15, 0.2) is 121 Å². The number of ether oxygens (including phenoxy) is 2. The molecule has 0 bridgehead atoms. The van der Waals surface area contributed by atoms with Crippen LogP contribution < -0.4 is 9.47 Å². The number of hydrogen-bond acceptors (Lipinski definition) is 5. The first-order valence-electron chi connectivity index (χ1n) is 15.4. The van der Waals surface area contributed by atoms with Crippen LogP contribution in [-0.4, -0.2) is 21.0 Å². The molecule has 6 heteroatoms. The first-order valence-corrected chi connectivity index (χ1v) is 15.4. The minimum absolute atomic E-state index is 0.368. The second-order valence-corrected chi connectivity index (χ2v) is 11.8. The Morgan fingerprint density at radius 2 is 1.16 bits per heavy atom.